The number of hydrogen-bond acceptors (Lipinski definition) is 5. The number of nitrogens with one attached hydrogen (secondary N) is 3. The summed E-state index contributed by atoms with van der Waals surface area (Å²) in [7, 11) is 0. The van der Waals surface area contributed by atoms with Gasteiger partial charge in [0.05, 0.1) is 6.17 Å². The van der Waals surface area contributed by atoms with E-state index >= 15 is 0 Å². The highest BCUT2D eigenvalue weighted by Crippen LogP contribution is 2.51. The molecular formula is C43H75N5. The molecule has 9 fully saturated rings. The van der Waals surface area contributed by atoms with Crippen LogP contribution >= 0.6 is 0 Å². The van der Waals surface area contributed by atoms with E-state index in [2.05, 4.69) is 25.8 Å². The summed E-state index contributed by atoms with van der Waals surface area (Å²) in [6.45, 7) is 3.73. The predicted molar refractivity (Wildman–Crippen MR) is 199 cm³/mol. The quantitative estimate of drug-likeness (QED) is 0.268. The van der Waals surface area contributed by atoms with E-state index < -0.39 is 0 Å². The normalized spacial score (nSPS) is 46.9. The van der Waals surface area contributed by atoms with Crippen molar-refractivity contribution in [1.29, 1.82) is 0 Å². The monoisotopic (exact) mass is 662 g/mol. The van der Waals surface area contributed by atoms with Crippen molar-refractivity contribution in [3.63, 3.8) is 0 Å². The second kappa shape index (κ2) is 15.4. The van der Waals surface area contributed by atoms with E-state index in [1.807, 2.05) is 0 Å². The standard InChI is InChI=1S/C43H75N5/c1-3-8-34(9-4-1)47(35-10-5-2-6-11-35)37-22-24-42-39(28-37)38-12-7-26-45-43(38)48(42)36-20-17-31(18-21-36)30-13-15-32(16-14-30)40-23-19-33-25-27-44-29-41(33)46-40/h30-46H,1-29H2. The molecule has 0 radical (unpaired) electrons. The number of hydrogen-bond donors (Lipinski definition) is 3. The maximum Gasteiger partial charge on any atom is 0.0634 e. The molecule has 0 spiro atoms. The Bertz CT molecular complexity index is 989. The summed E-state index contributed by atoms with van der Waals surface area (Å²) in [4.78, 5) is 6.45. The van der Waals surface area contributed by atoms with E-state index in [0.29, 0.717) is 6.17 Å². The van der Waals surface area contributed by atoms with Crippen molar-refractivity contribution < 1.29 is 0 Å². The van der Waals surface area contributed by atoms with Gasteiger partial charge in [-0.05, 0) is 177 Å². The Morgan fingerprint density at radius 3 is 1.83 bits per heavy atom. The molecule has 48 heavy (non-hydrogen) atoms. The number of nitrogens with zero attached hydrogens (tertiary/aromatic N) is 2. The van der Waals surface area contributed by atoms with Gasteiger partial charge >= 0.3 is 0 Å². The van der Waals surface area contributed by atoms with E-state index in [1.165, 1.54) is 187 Å². The molecule has 8 unspecified atom stereocenters. The molecule has 0 aromatic rings. The Balaban J connectivity index is 0.810. The average Bonchev–Trinajstić information content (AvgIpc) is 3.49. The van der Waals surface area contributed by atoms with Crippen LogP contribution in [0.1, 0.15) is 167 Å². The average molecular weight is 662 g/mol. The van der Waals surface area contributed by atoms with Gasteiger partial charge in [0.1, 0.15) is 0 Å². The second-order valence-corrected chi connectivity index (χ2v) is 19.3. The first-order valence-corrected chi connectivity index (χ1v) is 22.5. The Morgan fingerprint density at radius 1 is 0.458 bits per heavy atom. The van der Waals surface area contributed by atoms with Gasteiger partial charge in [-0.2, -0.15) is 0 Å². The Hall–Kier alpha value is -0.200. The molecule has 4 aliphatic heterocycles. The van der Waals surface area contributed by atoms with Crippen LogP contribution < -0.4 is 16.0 Å². The Labute approximate surface area is 295 Å². The van der Waals surface area contributed by atoms with Crippen LogP contribution in [0.25, 0.3) is 0 Å². The van der Waals surface area contributed by atoms with Crippen molar-refractivity contribution in [1.82, 2.24) is 25.8 Å². The van der Waals surface area contributed by atoms with Gasteiger partial charge in [0, 0.05) is 48.8 Å². The van der Waals surface area contributed by atoms with Crippen LogP contribution in [0.15, 0.2) is 0 Å². The van der Waals surface area contributed by atoms with Crippen LogP contribution in [-0.2, 0) is 0 Å². The zero-order chi connectivity index (χ0) is 31.9. The zero-order valence-corrected chi connectivity index (χ0v) is 31.0. The lowest BCUT2D eigenvalue weighted by Crippen LogP contribution is -2.57. The Kier molecular flexibility index (Phi) is 10.8. The summed E-state index contributed by atoms with van der Waals surface area (Å²) in [5.41, 5.74) is 0. The lowest BCUT2D eigenvalue weighted by Gasteiger charge is -2.50. The zero-order valence-electron chi connectivity index (χ0n) is 31.0. The van der Waals surface area contributed by atoms with Crippen LogP contribution in [0.4, 0.5) is 0 Å². The molecule has 3 N–H and O–H groups in total. The van der Waals surface area contributed by atoms with Crippen LogP contribution in [0, 0.1) is 35.5 Å². The molecule has 5 heteroatoms. The fraction of sp³-hybridized carbons (Fsp3) is 1.00. The van der Waals surface area contributed by atoms with E-state index in [9.17, 15) is 0 Å². The summed E-state index contributed by atoms with van der Waals surface area (Å²) in [5.74, 6) is 5.84. The maximum absolute atomic E-state index is 4.19. The van der Waals surface area contributed by atoms with Gasteiger partial charge in [0.2, 0.25) is 0 Å². The maximum atomic E-state index is 4.19. The fourth-order valence-electron chi connectivity index (χ4n) is 14.8. The topological polar surface area (TPSA) is 42.6 Å². The van der Waals surface area contributed by atoms with Crippen molar-refractivity contribution in [2.45, 2.75) is 215 Å². The van der Waals surface area contributed by atoms with Crippen LogP contribution in [-0.4, -0.2) is 77.9 Å². The highest BCUT2D eigenvalue weighted by molar-refractivity contribution is 5.08. The number of rotatable bonds is 6. The molecule has 272 valence electrons. The molecule has 5 aliphatic carbocycles. The van der Waals surface area contributed by atoms with Crippen molar-refractivity contribution in [3.8, 4) is 0 Å². The third-order valence-electron chi connectivity index (χ3n) is 17.1. The first-order valence-electron chi connectivity index (χ1n) is 22.5. The van der Waals surface area contributed by atoms with Crippen LogP contribution in [0.2, 0.25) is 0 Å². The molecule has 8 atom stereocenters. The minimum atomic E-state index is 0.698. The van der Waals surface area contributed by atoms with Crippen molar-refractivity contribution >= 4 is 0 Å². The minimum Gasteiger partial charge on any atom is -0.315 e. The van der Waals surface area contributed by atoms with Gasteiger partial charge in [-0.1, -0.05) is 38.5 Å². The fourth-order valence-corrected chi connectivity index (χ4v) is 14.8. The molecule has 4 saturated heterocycles. The highest BCUT2D eigenvalue weighted by atomic mass is 15.4. The predicted octanol–water partition coefficient (Wildman–Crippen LogP) is 8.23. The summed E-state index contributed by atoms with van der Waals surface area (Å²) in [5, 5.41) is 12.0. The molecule has 0 aromatic carbocycles. The second-order valence-electron chi connectivity index (χ2n) is 19.3. The smallest absolute Gasteiger partial charge is 0.0634 e. The van der Waals surface area contributed by atoms with Gasteiger partial charge in [0.25, 0.3) is 0 Å². The SMILES string of the molecule is C1CCC(N(C2CCCCC2)C2CCC3C(C2)C2CCCNC2N3C2CCC(C3CCC(C4CCC5CCNCC5N4)CC3)CC2)CC1. The van der Waals surface area contributed by atoms with Gasteiger partial charge in [-0.15, -0.1) is 0 Å². The number of likely N-dealkylation sites (tertiary alicyclic amines) is 1. The van der Waals surface area contributed by atoms with E-state index in [4.69, 9.17) is 0 Å². The highest BCUT2D eigenvalue weighted by Gasteiger charge is 2.55. The largest absolute Gasteiger partial charge is 0.315 e. The molecule has 5 saturated carbocycles. The first kappa shape index (κ1) is 33.6. The molecule has 0 amide bonds. The van der Waals surface area contributed by atoms with Gasteiger partial charge < -0.3 is 16.0 Å². The molecule has 0 aromatic heterocycles. The minimum absolute atomic E-state index is 0.698. The molecule has 0 bridgehead atoms. The summed E-state index contributed by atoms with van der Waals surface area (Å²) in [6, 6.07) is 6.01. The summed E-state index contributed by atoms with van der Waals surface area (Å²) < 4.78 is 0. The number of fused-ring (bicyclic) bond motifs is 4. The molecule has 9 rings (SSSR count). The summed E-state index contributed by atoms with van der Waals surface area (Å²) in [6.07, 6.45) is 39.6. The summed E-state index contributed by atoms with van der Waals surface area (Å²) >= 11 is 0. The molecular weight excluding hydrogens is 587 g/mol. The van der Waals surface area contributed by atoms with Crippen molar-refractivity contribution in [2.24, 2.45) is 35.5 Å². The van der Waals surface area contributed by atoms with Gasteiger partial charge in [-0.25, -0.2) is 0 Å². The van der Waals surface area contributed by atoms with Crippen molar-refractivity contribution in [2.75, 3.05) is 19.6 Å². The van der Waals surface area contributed by atoms with Gasteiger partial charge in [-0.3, -0.25) is 9.80 Å². The first-order chi connectivity index (χ1) is 23.8. The van der Waals surface area contributed by atoms with Gasteiger partial charge in [0.15, 0.2) is 0 Å². The molecule has 4 heterocycles. The van der Waals surface area contributed by atoms with Crippen LogP contribution in [0.5, 0.6) is 0 Å². The third kappa shape index (κ3) is 6.85. The van der Waals surface area contributed by atoms with Crippen molar-refractivity contribution in [3.05, 3.63) is 0 Å². The molecule has 5 nitrogen and oxygen atoms in total. The lowest BCUT2D eigenvalue weighted by molar-refractivity contribution is -0.00935. The van der Waals surface area contributed by atoms with E-state index in [1.54, 1.807) is 0 Å². The third-order valence-corrected chi connectivity index (χ3v) is 17.1. The van der Waals surface area contributed by atoms with E-state index in [-0.39, 0.29) is 0 Å². The van der Waals surface area contributed by atoms with Crippen LogP contribution in [0.3, 0.4) is 0 Å². The number of piperidine rings is 3. The lowest BCUT2D eigenvalue weighted by atomic mass is 9.67. The van der Waals surface area contributed by atoms with E-state index in [0.717, 1.165) is 77.8 Å². The molecule has 9 aliphatic rings. The Morgan fingerprint density at radius 2 is 1.10 bits per heavy atom.